The number of hydrogen-bond donors (Lipinski definition) is 0. The van der Waals surface area contributed by atoms with Crippen LogP contribution in [0.3, 0.4) is 0 Å². The predicted octanol–water partition coefficient (Wildman–Crippen LogP) is 4.74. The molecule has 1 unspecified atom stereocenters. The highest BCUT2D eigenvalue weighted by Crippen LogP contribution is 2.38. The highest BCUT2D eigenvalue weighted by molar-refractivity contribution is 7.91. The van der Waals surface area contributed by atoms with Gasteiger partial charge in [0.05, 0.1) is 26.2 Å². The van der Waals surface area contributed by atoms with Crippen LogP contribution in [0.5, 0.6) is 17.2 Å². The summed E-state index contributed by atoms with van der Waals surface area (Å²) in [5, 5.41) is -1.10. The van der Waals surface area contributed by atoms with Crippen molar-refractivity contribution in [2.24, 2.45) is 0 Å². The molecule has 7 heteroatoms. The number of aryl methyl sites for hydroxylation is 1. The second-order valence-corrected chi connectivity index (χ2v) is 9.82. The van der Waals surface area contributed by atoms with E-state index < -0.39 is 15.1 Å². The Morgan fingerprint density at radius 2 is 1.55 bits per heavy atom. The molecule has 1 atom stereocenters. The summed E-state index contributed by atoms with van der Waals surface area (Å²) in [5.74, 6) is 1.33. The number of methoxy groups -OCH3 is 3. The first-order valence-electron chi connectivity index (χ1n) is 10.5. The predicted molar refractivity (Wildman–Crippen MR) is 127 cm³/mol. The zero-order chi connectivity index (χ0) is 24.0. The van der Waals surface area contributed by atoms with E-state index in [0.29, 0.717) is 28.4 Å². The lowest BCUT2D eigenvalue weighted by atomic mass is 10.00. The Labute approximate surface area is 195 Å². The first-order valence-corrected chi connectivity index (χ1v) is 12.0. The van der Waals surface area contributed by atoms with E-state index in [1.165, 1.54) is 14.2 Å². The third kappa shape index (κ3) is 5.54. The van der Waals surface area contributed by atoms with Gasteiger partial charge in [-0.05, 0) is 48.9 Å². The Balaban J connectivity index is 2.02. The summed E-state index contributed by atoms with van der Waals surface area (Å²) in [6.07, 6.45) is -0.202. The van der Waals surface area contributed by atoms with Crippen molar-refractivity contribution in [2.45, 2.75) is 29.9 Å². The summed E-state index contributed by atoms with van der Waals surface area (Å²) in [6.45, 7) is 1.90. The Hall–Kier alpha value is -3.32. The maximum absolute atomic E-state index is 13.6. The standard InChI is InChI=1S/C26H28O6S/c1-18-10-12-23(25(14-18)32-4)26(33(28,29)22-8-6-5-7-9-22)17-20(27)15-19-16-21(30-2)11-13-24(19)31-3/h5-14,16,26H,15,17H2,1-4H3. The normalized spacial score (nSPS) is 12.1. The van der Waals surface area contributed by atoms with Crippen molar-refractivity contribution in [1.29, 1.82) is 0 Å². The molecule has 0 radical (unpaired) electrons. The average Bonchev–Trinajstić information content (AvgIpc) is 2.83. The number of ketones is 1. The summed E-state index contributed by atoms with van der Waals surface area (Å²) in [6, 6.07) is 18.7. The van der Waals surface area contributed by atoms with Crippen molar-refractivity contribution in [2.75, 3.05) is 21.3 Å². The highest BCUT2D eigenvalue weighted by Gasteiger charge is 2.33. The number of ether oxygens (including phenoxy) is 3. The van der Waals surface area contributed by atoms with Crippen LogP contribution >= 0.6 is 0 Å². The number of carbonyl (C=O) groups excluding carboxylic acids is 1. The molecular weight excluding hydrogens is 440 g/mol. The monoisotopic (exact) mass is 468 g/mol. The molecule has 0 saturated heterocycles. The van der Waals surface area contributed by atoms with Gasteiger partial charge in [-0.15, -0.1) is 0 Å². The SMILES string of the molecule is COc1ccc(OC)c(CC(=O)CC(c2ccc(C)cc2OC)S(=O)(=O)c2ccccc2)c1. The molecule has 3 aromatic carbocycles. The minimum absolute atomic E-state index is 0.00929. The zero-order valence-corrected chi connectivity index (χ0v) is 20.0. The molecule has 6 nitrogen and oxygen atoms in total. The van der Waals surface area contributed by atoms with E-state index in [0.717, 1.165) is 5.56 Å². The van der Waals surface area contributed by atoms with Gasteiger partial charge in [0.2, 0.25) is 0 Å². The van der Waals surface area contributed by atoms with Crippen LogP contribution in [0.15, 0.2) is 71.6 Å². The van der Waals surface area contributed by atoms with Crippen molar-refractivity contribution < 1.29 is 27.4 Å². The molecule has 0 aliphatic carbocycles. The average molecular weight is 469 g/mol. The van der Waals surface area contributed by atoms with Gasteiger partial charge in [-0.1, -0.05) is 30.3 Å². The molecule has 3 rings (SSSR count). The van der Waals surface area contributed by atoms with Crippen LogP contribution in [0.4, 0.5) is 0 Å². The first-order chi connectivity index (χ1) is 15.8. The van der Waals surface area contributed by atoms with Gasteiger partial charge in [-0.2, -0.15) is 0 Å². The van der Waals surface area contributed by atoms with Gasteiger partial charge in [0.1, 0.15) is 28.3 Å². The van der Waals surface area contributed by atoms with Crippen molar-refractivity contribution >= 4 is 15.6 Å². The van der Waals surface area contributed by atoms with Gasteiger partial charge in [0, 0.05) is 24.0 Å². The van der Waals surface area contributed by atoms with Gasteiger partial charge in [-0.25, -0.2) is 8.42 Å². The van der Waals surface area contributed by atoms with Crippen LogP contribution in [0.1, 0.15) is 28.4 Å². The number of benzene rings is 3. The number of Topliss-reactive ketones (excluding diaryl/α,β-unsaturated/α-hetero) is 1. The quantitative estimate of drug-likeness (QED) is 0.428. The molecule has 3 aromatic rings. The first kappa shape index (κ1) is 24.3. The van der Waals surface area contributed by atoms with Gasteiger partial charge in [-0.3, -0.25) is 4.79 Å². The van der Waals surface area contributed by atoms with Gasteiger partial charge >= 0.3 is 0 Å². The van der Waals surface area contributed by atoms with Crippen molar-refractivity contribution in [3.05, 3.63) is 83.4 Å². The largest absolute Gasteiger partial charge is 0.497 e. The molecule has 0 aliphatic rings. The van der Waals surface area contributed by atoms with Crippen LogP contribution in [0.2, 0.25) is 0 Å². The Kier molecular flexibility index (Phi) is 7.76. The molecule has 33 heavy (non-hydrogen) atoms. The zero-order valence-electron chi connectivity index (χ0n) is 19.2. The Morgan fingerprint density at radius 1 is 0.848 bits per heavy atom. The number of rotatable bonds is 10. The molecule has 0 saturated carbocycles. The third-order valence-electron chi connectivity index (χ3n) is 5.47. The summed E-state index contributed by atoms with van der Waals surface area (Å²) in [4.78, 5) is 13.4. The fourth-order valence-corrected chi connectivity index (χ4v) is 5.56. The van der Waals surface area contributed by atoms with Crippen LogP contribution in [-0.4, -0.2) is 35.5 Å². The maximum atomic E-state index is 13.6. The summed E-state index contributed by atoms with van der Waals surface area (Å²) in [7, 11) is 0.686. The Morgan fingerprint density at radius 3 is 2.18 bits per heavy atom. The number of sulfone groups is 1. The topological polar surface area (TPSA) is 78.9 Å². The molecule has 0 N–H and O–H groups in total. The van der Waals surface area contributed by atoms with E-state index in [4.69, 9.17) is 14.2 Å². The lowest BCUT2D eigenvalue weighted by molar-refractivity contribution is -0.118. The van der Waals surface area contributed by atoms with Gasteiger partial charge in [0.25, 0.3) is 0 Å². The lowest BCUT2D eigenvalue weighted by Gasteiger charge is -2.21. The van der Waals surface area contributed by atoms with Crippen LogP contribution in [-0.2, 0) is 21.1 Å². The fourth-order valence-electron chi connectivity index (χ4n) is 3.76. The van der Waals surface area contributed by atoms with E-state index >= 15 is 0 Å². The van der Waals surface area contributed by atoms with Crippen LogP contribution < -0.4 is 14.2 Å². The van der Waals surface area contributed by atoms with Crippen molar-refractivity contribution in [3.63, 3.8) is 0 Å². The molecule has 0 heterocycles. The second-order valence-electron chi connectivity index (χ2n) is 7.69. The molecular formula is C26H28O6S. The minimum atomic E-state index is -3.87. The van der Waals surface area contributed by atoms with E-state index in [2.05, 4.69) is 0 Å². The van der Waals surface area contributed by atoms with Gasteiger partial charge in [0.15, 0.2) is 9.84 Å². The van der Waals surface area contributed by atoms with E-state index in [-0.39, 0.29) is 23.5 Å². The second kappa shape index (κ2) is 10.5. The summed E-state index contributed by atoms with van der Waals surface area (Å²) < 4.78 is 43.4. The molecule has 0 spiro atoms. The smallest absolute Gasteiger partial charge is 0.185 e. The Bertz CT molecular complexity index is 1220. The molecule has 0 amide bonds. The molecule has 0 aliphatic heterocycles. The van der Waals surface area contributed by atoms with Crippen LogP contribution in [0.25, 0.3) is 0 Å². The van der Waals surface area contributed by atoms with Crippen molar-refractivity contribution in [1.82, 2.24) is 0 Å². The van der Waals surface area contributed by atoms with E-state index in [9.17, 15) is 13.2 Å². The summed E-state index contributed by atoms with van der Waals surface area (Å²) in [5.41, 5.74) is 2.02. The molecule has 0 fully saturated rings. The number of carbonyl (C=O) groups is 1. The highest BCUT2D eigenvalue weighted by atomic mass is 32.2. The fraction of sp³-hybridized carbons (Fsp3) is 0.269. The van der Waals surface area contributed by atoms with Crippen LogP contribution in [0, 0.1) is 6.92 Å². The van der Waals surface area contributed by atoms with Gasteiger partial charge < -0.3 is 14.2 Å². The molecule has 174 valence electrons. The lowest BCUT2D eigenvalue weighted by Crippen LogP contribution is -2.19. The number of hydrogen-bond acceptors (Lipinski definition) is 6. The third-order valence-corrected chi connectivity index (χ3v) is 7.57. The molecule has 0 aromatic heterocycles. The van der Waals surface area contributed by atoms with E-state index in [1.807, 2.05) is 13.0 Å². The maximum Gasteiger partial charge on any atom is 0.185 e. The molecule has 0 bridgehead atoms. The van der Waals surface area contributed by atoms with E-state index in [1.54, 1.807) is 67.8 Å². The minimum Gasteiger partial charge on any atom is -0.497 e. The summed E-state index contributed by atoms with van der Waals surface area (Å²) >= 11 is 0. The van der Waals surface area contributed by atoms with Crippen molar-refractivity contribution in [3.8, 4) is 17.2 Å².